The Hall–Kier alpha value is -0.810. The van der Waals surface area contributed by atoms with Crippen LogP contribution in [0, 0.1) is 0 Å². The molecule has 11 heavy (non-hydrogen) atoms. The lowest BCUT2D eigenvalue weighted by molar-refractivity contribution is -0.309. The second-order valence-corrected chi connectivity index (χ2v) is 2.41. The highest BCUT2D eigenvalue weighted by molar-refractivity contribution is 5.62. The van der Waals surface area contributed by atoms with Gasteiger partial charge in [-0.25, -0.2) is 4.79 Å². The lowest BCUT2D eigenvalue weighted by Gasteiger charge is -2.16. The van der Waals surface area contributed by atoms with E-state index in [4.69, 9.17) is 10.2 Å². The summed E-state index contributed by atoms with van der Waals surface area (Å²) in [5.41, 5.74) is 0. The van der Waals surface area contributed by atoms with E-state index in [9.17, 15) is 4.79 Å². The quantitative estimate of drug-likeness (QED) is 0.440. The maximum Gasteiger partial charge on any atom is 0.513 e. The van der Waals surface area contributed by atoms with Crippen LogP contribution < -0.4 is 0 Å². The molecule has 1 heterocycles. The second-order valence-electron chi connectivity index (χ2n) is 2.41. The topological polar surface area (TPSA) is 76.0 Å². The van der Waals surface area contributed by atoms with Gasteiger partial charge in [0, 0.05) is 0 Å². The summed E-state index contributed by atoms with van der Waals surface area (Å²) in [4.78, 5) is 10.4. The van der Waals surface area contributed by atoms with E-state index < -0.39 is 18.2 Å². The Bertz CT molecular complexity index is 164. The van der Waals surface area contributed by atoms with E-state index in [0.29, 0.717) is 12.8 Å². The molecule has 0 aromatic heterocycles. The molecule has 0 amide bonds. The summed E-state index contributed by atoms with van der Waals surface area (Å²) < 4.78 is 8.52. The van der Waals surface area contributed by atoms with Crippen molar-refractivity contribution in [2.45, 2.75) is 31.8 Å². The van der Waals surface area contributed by atoms with Crippen LogP contribution in [0.4, 0.5) is 4.79 Å². The van der Waals surface area contributed by atoms with E-state index in [1.807, 2.05) is 6.92 Å². The minimum atomic E-state index is -2.44. The molecular formula is C6H10O5. The molecule has 2 N–H and O–H groups in total. The van der Waals surface area contributed by atoms with Gasteiger partial charge in [0.1, 0.15) is 0 Å². The molecule has 0 spiro atoms. The molecule has 5 heteroatoms. The molecule has 0 saturated carbocycles. The predicted molar refractivity (Wildman–Crippen MR) is 33.4 cm³/mol. The highest BCUT2D eigenvalue weighted by Crippen LogP contribution is 2.24. The zero-order valence-electron chi connectivity index (χ0n) is 6.11. The summed E-state index contributed by atoms with van der Waals surface area (Å²) in [5, 5.41) is 17.9. The standard InChI is InChI=1S/C6H10O5/c1-2-3-4-6(8,9)11-5(7)10-4/h4,8-9H,2-3H2,1H3. The molecule has 1 aliphatic heterocycles. The molecule has 0 aromatic rings. The maximum atomic E-state index is 10.4. The summed E-state index contributed by atoms with van der Waals surface area (Å²) in [6, 6.07) is 0. The van der Waals surface area contributed by atoms with Gasteiger partial charge in [0.2, 0.25) is 0 Å². The van der Waals surface area contributed by atoms with Gasteiger partial charge >= 0.3 is 12.1 Å². The summed E-state index contributed by atoms with van der Waals surface area (Å²) in [7, 11) is 0. The molecule has 0 bridgehead atoms. The highest BCUT2D eigenvalue weighted by Gasteiger charge is 2.48. The molecule has 0 aromatic carbocycles. The van der Waals surface area contributed by atoms with Crippen molar-refractivity contribution in [3.63, 3.8) is 0 Å². The fourth-order valence-electron chi connectivity index (χ4n) is 0.914. The van der Waals surface area contributed by atoms with Crippen LogP contribution in [0.3, 0.4) is 0 Å². The zero-order valence-corrected chi connectivity index (χ0v) is 6.11. The van der Waals surface area contributed by atoms with Crippen molar-refractivity contribution in [1.82, 2.24) is 0 Å². The first-order chi connectivity index (χ1) is 5.06. The van der Waals surface area contributed by atoms with Gasteiger partial charge in [-0.15, -0.1) is 0 Å². The highest BCUT2D eigenvalue weighted by atomic mass is 16.9. The van der Waals surface area contributed by atoms with Gasteiger partial charge in [0.25, 0.3) is 0 Å². The molecule has 0 radical (unpaired) electrons. The zero-order chi connectivity index (χ0) is 8.48. The SMILES string of the molecule is CCCC1OC(=O)OC1(O)O. The Balaban J connectivity index is 2.58. The van der Waals surface area contributed by atoms with Crippen LogP contribution >= 0.6 is 0 Å². The Labute approximate surface area is 63.5 Å². The van der Waals surface area contributed by atoms with Crippen LogP contribution in [0.2, 0.25) is 0 Å². The van der Waals surface area contributed by atoms with Crippen molar-refractivity contribution >= 4 is 6.16 Å². The van der Waals surface area contributed by atoms with Gasteiger partial charge in [-0.3, -0.25) is 0 Å². The van der Waals surface area contributed by atoms with Crippen molar-refractivity contribution in [1.29, 1.82) is 0 Å². The van der Waals surface area contributed by atoms with Gasteiger partial charge in [-0.05, 0) is 6.42 Å². The summed E-state index contributed by atoms with van der Waals surface area (Å²) in [5.74, 6) is -2.44. The lowest BCUT2D eigenvalue weighted by atomic mass is 10.2. The maximum absolute atomic E-state index is 10.4. The van der Waals surface area contributed by atoms with Gasteiger partial charge in [-0.1, -0.05) is 13.3 Å². The Morgan fingerprint density at radius 1 is 1.64 bits per heavy atom. The minimum absolute atomic E-state index is 0.374. The van der Waals surface area contributed by atoms with Gasteiger partial charge in [-0.2, -0.15) is 0 Å². The molecule has 0 aliphatic carbocycles. The first-order valence-corrected chi connectivity index (χ1v) is 3.40. The van der Waals surface area contributed by atoms with Crippen molar-refractivity contribution < 1.29 is 24.5 Å². The third-order valence-corrected chi connectivity index (χ3v) is 1.44. The number of hydrogen-bond acceptors (Lipinski definition) is 5. The van der Waals surface area contributed by atoms with Crippen molar-refractivity contribution in [2.75, 3.05) is 0 Å². The Morgan fingerprint density at radius 3 is 2.64 bits per heavy atom. The number of cyclic esters (lactones) is 2. The van der Waals surface area contributed by atoms with E-state index in [0.717, 1.165) is 0 Å². The molecule has 64 valence electrons. The van der Waals surface area contributed by atoms with Crippen LogP contribution in [0.25, 0.3) is 0 Å². The summed E-state index contributed by atoms with van der Waals surface area (Å²) >= 11 is 0. The first-order valence-electron chi connectivity index (χ1n) is 3.40. The Morgan fingerprint density at radius 2 is 2.27 bits per heavy atom. The van der Waals surface area contributed by atoms with Crippen LogP contribution in [-0.4, -0.2) is 28.4 Å². The van der Waals surface area contributed by atoms with Crippen molar-refractivity contribution in [3.05, 3.63) is 0 Å². The van der Waals surface area contributed by atoms with E-state index in [2.05, 4.69) is 9.47 Å². The van der Waals surface area contributed by atoms with E-state index in [-0.39, 0.29) is 0 Å². The van der Waals surface area contributed by atoms with Crippen molar-refractivity contribution in [2.24, 2.45) is 0 Å². The average Bonchev–Trinajstić information content (AvgIpc) is 2.07. The van der Waals surface area contributed by atoms with Gasteiger partial charge in [0.05, 0.1) is 0 Å². The average molecular weight is 162 g/mol. The number of carbonyl (C=O) groups is 1. The number of rotatable bonds is 2. The summed E-state index contributed by atoms with van der Waals surface area (Å²) in [6.07, 6.45) is -0.934. The van der Waals surface area contributed by atoms with Crippen LogP contribution in [0.15, 0.2) is 0 Å². The fraction of sp³-hybridized carbons (Fsp3) is 0.833. The monoisotopic (exact) mass is 162 g/mol. The summed E-state index contributed by atoms with van der Waals surface area (Å²) in [6.45, 7) is 1.84. The first kappa shape index (κ1) is 8.29. The lowest BCUT2D eigenvalue weighted by Crippen LogP contribution is -2.39. The molecular weight excluding hydrogens is 152 g/mol. The van der Waals surface area contributed by atoms with Crippen LogP contribution in [0.5, 0.6) is 0 Å². The predicted octanol–water partition coefficient (Wildman–Crippen LogP) is -0.0397. The van der Waals surface area contributed by atoms with E-state index >= 15 is 0 Å². The fourth-order valence-corrected chi connectivity index (χ4v) is 0.914. The van der Waals surface area contributed by atoms with E-state index in [1.165, 1.54) is 0 Å². The molecule has 1 rings (SSSR count). The molecule has 1 aliphatic rings. The molecule has 5 nitrogen and oxygen atoms in total. The second kappa shape index (κ2) is 2.67. The van der Waals surface area contributed by atoms with E-state index in [1.54, 1.807) is 0 Å². The van der Waals surface area contributed by atoms with Crippen molar-refractivity contribution in [3.8, 4) is 0 Å². The smallest absolute Gasteiger partial charge is 0.421 e. The van der Waals surface area contributed by atoms with Gasteiger partial charge in [0.15, 0.2) is 6.10 Å². The molecule has 1 fully saturated rings. The molecule has 1 unspecified atom stereocenters. The third kappa shape index (κ3) is 1.61. The number of hydrogen-bond donors (Lipinski definition) is 2. The molecule has 1 atom stereocenters. The third-order valence-electron chi connectivity index (χ3n) is 1.44. The number of ether oxygens (including phenoxy) is 2. The Kier molecular flexibility index (Phi) is 2.01. The van der Waals surface area contributed by atoms with Crippen LogP contribution in [0.1, 0.15) is 19.8 Å². The normalized spacial score (nSPS) is 27.9. The number of carbonyl (C=O) groups excluding carboxylic acids is 1. The number of aliphatic hydroxyl groups is 2. The van der Waals surface area contributed by atoms with Crippen LogP contribution in [-0.2, 0) is 9.47 Å². The molecule has 1 saturated heterocycles. The largest absolute Gasteiger partial charge is 0.513 e. The minimum Gasteiger partial charge on any atom is -0.421 e. The van der Waals surface area contributed by atoms with Gasteiger partial charge < -0.3 is 19.7 Å².